The van der Waals surface area contributed by atoms with Crippen molar-refractivity contribution in [3.63, 3.8) is 0 Å². The number of carbonyl (C=O) groups excluding carboxylic acids is 2. The second-order valence-corrected chi connectivity index (χ2v) is 4.65. The van der Waals surface area contributed by atoms with Crippen LogP contribution in [0.15, 0.2) is 0 Å². The Hall–Kier alpha value is -1.26. The molecule has 1 aliphatic rings. The molecule has 1 fully saturated rings. The first kappa shape index (κ1) is 14.8. The molecule has 0 heterocycles. The average Bonchev–Trinajstić information content (AvgIpc) is 2.39. The highest BCUT2D eigenvalue weighted by Crippen LogP contribution is 2.25. The monoisotopic (exact) mass is 257 g/mol. The quantitative estimate of drug-likeness (QED) is 0.606. The van der Waals surface area contributed by atoms with Gasteiger partial charge in [0.05, 0.1) is 19.6 Å². The van der Waals surface area contributed by atoms with Crippen LogP contribution in [0.5, 0.6) is 0 Å². The van der Waals surface area contributed by atoms with Gasteiger partial charge in [0.25, 0.3) is 0 Å². The van der Waals surface area contributed by atoms with E-state index in [9.17, 15) is 9.59 Å². The molecule has 5 heteroatoms. The van der Waals surface area contributed by atoms with E-state index in [1.165, 1.54) is 7.11 Å². The Kier molecular flexibility index (Phi) is 6.54. The molecule has 0 radical (unpaired) electrons. The lowest BCUT2D eigenvalue weighted by Gasteiger charge is -2.29. The predicted octanol–water partition coefficient (Wildman–Crippen LogP) is 2.24. The summed E-state index contributed by atoms with van der Waals surface area (Å²) in [6, 6.07) is -0.152. The zero-order valence-electron chi connectivity index (χ0n) is 11.2. The van der Waals surface area contributed by atoms with E-state index in [-0.39, 0.29) is 17.9 Å². The van der Waals surface area contributed by atoms with Crippen LogP contribution in [-0.2, 0) is 14.3 Å². The zero-order valence-corrected chi connectivity index (χ0v) is 11.2. The largest absolute Gasteiger partial charge is 0.469 e. The minimum Gasteiger partial charge on any atom is -0.469 e. The van der Waals surface area contributed by atoms with E-state index >= 15 is 0 Å². The molecular weight excluding hydrogens is 234 g/mol. The van der Waals surface area contributed by atoms with E-state index in [1.54, 1.807) is 0 Å². The Morgan fingerprint density at radius 3 is 2.67 bits per heavy atom. The summed E-state index contributed by atoms with van der Waals surface area (Å²) in [6.45, 7) is 2.47. The Labute approximate surface area is 108 Å². The highest BCUT2D eigenvalue weighted by molar-refractivity contribution is 5.75. The molecule has 0 unspecified atom stereocenters. The highest BCUT2D eigenvalue weighted by Gasteiger charge is 2.32. The Morgan fingerprint density at radius 1 is 1.28 bits per heavy atom. The third kappa shape index (κ3) is 4.55. The maximum atomic E-state index is 11.6. The molecule has 5 nitrogen and oxygen atoms in total. The second-order valence-electron chi connectivity index (χ2n) is 4.65. The van der Waals surface area contributed by atoms with Gasteiger partial charge in [0.2, 0.25) is 0 Å². The van der Waals surface area contributed by atoms with Gasteiger partial charge in [-0.3, -0.25) is 4.79 Å². The van der Waals surface area contributed by atoms with Crippen LogP contribution in [0.2, 0.25) is 0 Å². The summed E-state index contributed by atoms with van der Waals surface area (Å²) in [6.07, 6.45) is 5.02. The van der Waals surface area contributed by atoms with Gasteiger partial charge in [0.15, 0.2) is 0 Å². The van der Waals surface area contributed by atoms with Gasteiger partial charge in [-0.2, -0.15) is 0 Å². The summed E-state index contributed by atoms with van der Waals surface area (Å²) in [7, 11) is 1.38. The molecule has 1 amide bonds. The van der Waals surface area contributed by atoms with Gasteiger partial charge in [-0.25, -0.2) is 4.79 Å². The van der Waals surface area contributed by atoms with Crippen LogP contribution in [0.1, 0.15) is 45.4 Å². The fraction of sp³-hybridized carbons (Fsp3) is 0.846. The lowest BCUT2D eigenvalue weighted by molar-refractivity contribution is -0.147. The van der Waals surface area contributed by atoms with Crippen molar-refractivity contribution in [2.75, 3.05) is 13.7 Å². The van der Waals surface area contributed by atoms with Crippen molar-refractivity contribution in [3.05, 3.63) is 0 Å². The number of hydrogen-bond acceptors (Lipinski definition) is 4. The van der Waals surface area contributed by atoms with Crippen LogP contribution in [-0.4, -0.2) is 31.8 Å². The van der Waals surface area contributed by atoms with Gasteiger partial charge in [0, 0.05) is 6.04 Å². The molecule has 2 atom stereocenters. The van der Waals surface area contributed by atoms with Crippen molar-refractivity contribution in [1.82, 2.24) is 5.32 Å². The SMILES string of the molecule is CCCCOC(=O)N[C@@H]1CCCC[C@H]1C(=O)OC. The topological polar surface area (TPSA) is 64.6 Å². The number of carbonyl (C=O) groups is 2. The number of unbranched alkanes of at least 4 members (excludes halogenated alkanes) is 1. The first-order valence-electron chi connectivity index (χ1n) is 6.70. The van der Waals surface area contributed by atoms with Gasteiger partial charge in [-0.1, -0.05) is 26.2 Å². The maximum Gasteiger partial charge on any atom is 0.407 e. The Balaban J connectivity index is 2.41. The van der Waals surface area contributed by atoms with Crippen molar-refractivity contribution in [1.29, 1.82) is 0 Å². The summed E-state index contributed by atoms with van der Waals surface area (Å²) in [4.78, 5) is 23.2. The number of esters is 1. The van der Waals surface area contributed by atoms with E-state index in [4.69, 9.17) is 9.47 Å². The summed E-state index contributed by atoms with van der Waals surface area (Å²) < 4.78 is 9.81. The van der Waals surface area contributed by atoms with Gasteiger partial charge in [-0.05, 0) is 19.3 Å². The molecule has 0 spiro atoms. The van der Waals surface area contributed by atoms with E-state index in [0.29, 0.717) is 6.61 Å². The summed E-state index contributed by atoms with van der Waals surface area (Å²) >= 11 is 0. The van der Waals surface area contributed by atoms with E-state index in [1.807, 2.05) is 6.92 Å². The molecule has 0 aromatic heterocycles. The first-order valence-corrected chi connectivity index (χ1v) is 6.70. The van der Waals surface area contributed by atoms with Crippen LogP contribution in [0.4, 0.5) is 4.79 Å². The van der Waals surface area contributed by atoms with Crippen LogP contribution in [0.3, 0.4) is 0 Å². The molecule has 0 aliphatic heterocycles. The van der Waals surface area contributed by atoms with Crippen molar-refractivity contribution in [2.45, 2.75) is 51.5 Å². The summed E-state index contributed by atoms with van der Waals surface area (Å²) in [5.41, 5.74) is 0. The number of amides is 1. The van der Waals surface area contributed by atoms with Crippen LogP contribution in [0.25, 0.3) is 0 Å². The number of alkyl carbamates (subject to hydrolysis) is 1. The van der Waals surface area contributed by atoms with E-state index < -0.39 is 6.09 Å². The van der Waals surface area contributed by atoms with Crippen LogP contribution in [0, 0.1) is 5.92 Å². The van der Waals surface area contributed by atoms with Crippen LogP contribution >= 0.6 is 0 Å². The molecular formula is C13H23NO4. The number of rotatable bonds is 5. The third-order valence-corrected chi connectivity index (χ3v) is 3.30. The van der Waals surface area contributed by atoms with Gasteiger partial charge >= 0.3 is 12.1 Å². The lowest BCUT2D eigenvalue weighted by atomic mass is 9.84. The molecule has 1 rings (SSSR count). The minimum absolute atomic E-state index is 0.152. The third-order valence-electron chi connectivity index (χ3n) is 3.30. The van der Waals surface area contributed by atoms with Gasteiger partial charge in [-0.15, -0.1) is 0 Å². The Morgan fingerprint density at radius 2 is 2.00 bits per heavy atom. The Bertz CT molecular complexity index is 280. The van der Waals surface area contributed by atoms with Crippen molar-refractivity contribution >= 4 is 12.1 Å². The molecule has 0 aromatic carbocycles. The standard InChI is InChI=1S/C13H23NO4/c1-3-4-9-18-13(16)14-11-8-6-5-7-10(11)12(15)17-2/h10-11H,3-9H2,1-2H3,(H,14,16)/t10-,11-/m1/s1. The minimum atomic E-state index is -0.427. The van der Waals surface area contributed by atoms with Crippen molar-refractivity contribution in [3.8, 4) is 0 Å². The maximum absolute atomic E-state index is 11.6. The number of ether oxygens (including phenoxy) is 2. The average molecular weight is 257 g/mol. The smallest absolute Gasteiger partial charge is 0.407 e. The molecule has 0 bridgehead atoms. The molecule has 1 aliphatic carbocycles. The number of methoxy groups -OCH3 is 1. The number of hydrogen-bond donors (Lipinski definition) is 1. The van der Waals surface area contributed by atoms with Crippen molar-refractivity contribution in [2.24, 2.45) is 5.92 Å². The van der Waals surface area contributed by atoms with E-state index in [2.05, 4.69) is 5.32 Å². The summed E-state index contributed by atoms with van der Waals surface area (Å²) in [5, 5.41) is 2.78. The molecule has 1 N–H and O–H groups in total. The van der Waals surface area contributed by atoms with Gasteiger partial charge < -0.3 is 14.8 Å². The molecule has 18 heavy (non-hydrogen) atoms. The highest BCUT2D eigenvalue weighted by atomic mass is 16.5. The fourth-order valence-electron chi connectivity index (χ4n) is 2.24. The predicted molar refractivity (Wildman–Crippen MR) is 67.2 cm³/mol. The second kappa shape index (κ2) is 7.95. The molecule has 0 aromatic rings. The fourth-order valence-corrected chi connectivity index (χ4v) is 2.24. The van der Waals surface area contributed by atoms with Crippen molar-refractivity contribution < 1.29 is 19.1 Å². The molecule has 104 valence electrons. The van der Waals surface area contributed by atoms with E-state index in [0.717, 1.165) is 38.5 Å². The molecule has 1 saturated carbocycles. The normalized spacial score (nSPS) is 23.2. The van der Waals surface area contributed by atoms with Crippen LogP contribution < -0.4 is 5.32 Å². The zero-order chi connectivity index (χ0) is 13.4. The lowest BCUT2D eigenvalue weighted by Crippen LogP contribution is -2.45. The first-order chi connectivity index (χ1) is 8.69. The molecule has 0 saturated heterocycles. The van der Waals surface area contributed by atoms with Gasteiger partial charge in [0.1, 0.15) is 0 Å². The summed E-state index contributed by atoms with van der Waals surface area (Å²) in [5.74, 6) is -0.476. The number of nitrogens with one attached hydrogen (secondary N) is 1.